The average Bonchev–Trinajstić information content (AvgIpc) is 3.41. The van der Waals surface area contributed by atoms with Gasteiger partial charge in [-0.2, -0.15) is 5.10 Å². The Morgan fingerprint density at radius 3 is 2.86 bits per heavy atom. The summed E-state index contributed by atoms with van der Waals surface area (Å²) in [6, 6.07) is 6.79. The summed E-state index contributed by atoms with van der Waals surface area (Å²) < 4.78 is 7.91. The topological polar surface area (TPSA) is 93.5 Å². The van der Waals surface area contributed by atoms with E-state index in [1.165, 1.54) is 4.90 Å². The fraction of sp³-hybridized carbons (Fsp3) is 0.400. The molecule has 1 aromatic carbocycles. The standard InChI is InChI=1S/C20H21BrN4O4/c21-14-3-4-15-16(10-14)20(28)24(19(15)27)8-1-2-18(26)23-17-5-7-22-25(17)11-13-6-9-29-12-13/h3-5,7,10,13H,1-2,6,8-9,11-12H2,(H,23,26)/t13-/m0/s1. The number of fused-ring (bicyclic) bond motifs is 1. The summed E-state index contributed by atoms with van der Waals surface area (Å²) >= 11 is 3.32. The Morgan fingerprint density at radius 2 is 2.07 bits per heavy atom. The van der Waals surface area contributed by atoms with E-state index in [0.717, 1.165) is 17.5 Å². The number of aromatic nitrogens is 2. The number of imide groups is 1. The van der Waals surface area contributed by atoms with Crippen LogP contribution in [0.1, 0.15) is 40.0 Å². The van der Waals surface area contributed by atoms with Crippen molar-refractivity contribution in [2.45, 2.75) is 25.8 Å². The van der Waals surface area contributed by atoms with E-state index in [2.05, 4.69) is 26.3 Å². The second-order valence-corrected chi connectivity index (χ2v) is 8.15. The molecular formula is C20H21BrN4O4. The molecule has 0 bridgehead atoms. The minimum absolute atomic E-state index is 0.172. The Kier molecular flexibility index (Phi) is 5.77. The Hall–Kier alpha value is -2.52. The molecule has 1 N–H and O–H groups in total. The maximum Gasteiger partial charge on any atom is 0.261 e. The van der Waals surface area contributed by atoms with Gasteiger partial charge < -0.3 is 10.1 Å². The van der Waals surface area contributed by atoms with Crippen LogP contribution in [0.4, 0.5) is 5.82 Å². The first-order valence-corrected chi connectivity index (χ1v) is 10.4. The summed E-state index contributed by atoms with van der Waals surface area (Å²) in [5, 5.41) is 7.13. The lowest BCUT2D eigenvalue weighted by Gasteiger charge is -2.14. The molecule has 0 unspecified atom stereocenters. The molecule has 2 aliphatic rings. The quantitative estimate of drug-likeness (QED) is 0.641. The molecule has 0 radical (unpaired) electrons. The molecule has 1 atom stereocenters. The number of rotatable bonds is 7. The highest BCUT2D eigenvalue weighted by Gasteiger charge is 2.35. The van der Waals surface area contributed by atoms with Gasteiger partial charge in [-0.1, -0.05) is 15.9 Å². The van der Waals surface area contributed by atoms with Gasteiger partial charge in [0, 0.05) is 42.6 Å². The van der Waals surface area contributed by atoms with Crippen LogP contribution in [0.25, 0.3) is 0 Å². The molecular weight excluding hydrogens is 440 g/mol. The van der Waals surface area contributed by atoms with Gasteiger partial charge in [0.15, 0.2) is 0 Å². The van der Waals surface area contributed by atoms with Gasteiger partial charge in [-0.3, -0.25) is 19.3 Å². The molecule has 8 nitrogen and oxygen atoms in total. The number of carbonyl (C=O) groups is 3. The first kappa shape index (κ1) is 19.8. The molecule has 1 saturated heterocycles. The van der Waals surface area contributed by atoms with Gasteiger partial charge in [0.25, 0.3) is 11.8 Å². The number of anilines is 1. The number of hydrogen-bond acceptors (Lipinski definition) is 5. The Labute approximate surface area is 176 Å². The van der Waals surface area contributed by atoms with Crippen LogP contribution in [0.15, 0.2) is 34.9 Å². The van der Waals surface area contributed by atoms with E-state index in [1.807, 2.05) is 0 Å². The van der Waals surface area contributed by atoms with Crippen LogP contribution < -0.4 is 5.32 Å². The third kappa shape index (κ3) is 4.25. The van der Waals surface area contributed by atoms with Crippen molar-refractivity contribution in [3.05, 3.63) is 46.1 Å². The zero-order valence-electron chi connectivity index (χ0n) is 15.8. The van der Waals surface area contributed by atoms with E-state index >= 15 is 0 Å². The number of amides is 3. The van der Waals surface area contributed by atoms with E-state index in [9.17, 15) is 14.4 Å². The highest BCUT2D eigenvalue weighted by Crippen LogP contribution is 2.26. The van der Waals surface area contributed by atoms with Crippen molar-refractivity contribution in [1.29, 1.82) is 0 Å². The van der Waals surface area contributed by atoms with E-state index in [4.69, 9.17) is 4.74 Å². The number of ether oxygens (including phenoxy) is 1. The molecule has 4 rings (SSSR count). The molecule has 9 heteroatoms. The van der Waals surface area contributed by atoms with Crippen LogP contribution in [0, 0.1) is 5.92 Å². The number of benzene rings is 1. The number of halogens is 1. The van der Waals surface area contributed by atoms with E-state index in [0.29, 0.717) is 42.4 Å². The third-order valence-electron chi connectivity index (χ3n) is 5.16. The predicted octanol–water partition coefficient (Wildman–Crippen LogP) is 2.70. The lowest BCUT2D eigenvalue weighted by molar-refractivity contribution is -0.116. The van der Waals surface area contributed by atoms with Crippen molar-refractivity contribution in [2.75, 3.05) is 25.1 Å². The molecule has 0 aliphatic carbocycles. The van der Waals surface area contributed by atoms with Crippen LogP contribution in [-0.4, -0.2) is 52.2 Å². The molecule has 3 heterocycles. The SMILES string of the molecule is O=C(CCCN1C(=O)c2ccc(Br)cc2C1=O)Nc1ccnn1C[C@@H]1CCOC1. The van der Waals surface area contributed by atoms with Crippen LogP contribution in [0.5, 0.6) is 0 Å². The fourth-order valence-corrected chi connectivity index (χ4v) is 3.99. The highest BCUT2D eigenvalue weighted by molar-refractivity contribution is 9.10. The predicted molar refractivity (Wildman–Crippen MR) is 109 cm³/mol. The monoisotopic (exact) mass is 460 g/mol. The van der Waals surface area contributed by atoms with Crippen molar-refractivity contribution in [1.82, 2.24) is 14.7 Å². The molecule has 1 fully saturated rings. The van der Waals surface area contributed by atoms with Gasteiger partial charge in [0.1, 0.15) is 5.82 Å². The summed E-state index contributed by atoms with van der Waals surface area (Å²) in [6.07, 6.45) is 3.24. The number of nitrogens with one attached hydrogen (secondary N) is 1. The number of nitrogens with zero attached hydrogens (tertiary/aromatic N) is 3. The smallest absolute Gasteiger partial charge is 0.261 e. The first-order valence-electron chi connectivity index (χ1n) is 9.58. The van der Waals surface area contributed by atoms with E-state index in [1.54, 1.807) is 35.1 Å². The maximum absolute atomic E-state index is 12.5. The van der Waals surface area contributed by atoms with Crippen LogP contribution in [0.2, 0.25) is 0 Å². The van der Waals surface area contributed by atoms with Crippen LogP contribution in [-0.2, 0) is 16.1 Å². The fourth-order valence-electron chi connectivity index (χ4n) is 3.63. The second kappa shape index (κ2) is 8.46. The highest BCUT2D eigenvalue weighted by atomic mass is 79.9. The molecule has 152 valence electrons. The zero-order chi connectivity index (χ0) is 20.4. The minimum atomic E-state index is -0.316. The van der Waals surface area contributed by atoms with Crippen molar-refractivity contribution >= 4 is 39.5 Å². The van der Waals surface area contributed by atoms with Gasteiger partial charge in [-0.05, 0) is 31.0 Å². The van der Waals surface area contributed by atoms with Gasteiger partial charge >= 0.3 is 0 Å². The van der Waals surface area contributed by atoms with Crippen LogP contribution in [0.3, 0.4) is 0 Å². The van der Waals surface area contributed by atoms with Crippen molar-refractivity contribution in [2.24, 2.45) is 5.92 Å². The first-order chi connectivity index (χ1) is 14.0. The van der Waals surface area contributed by atoms with Crippen molar-refractivity contribution in [3.63, 3.8) is 0 Å². The summed E-state index contributed by atoms with van der Waals surface area (Å²) in [5.41, 5.74) is 0.802. The van der Waals surface area contributed by atoms with E-state index < -0.39 is 0 Å². The van der Waals surface area contributed by atoms with Crippen LogP contribution >= 0.6 is 15.9 Å². The maximum atomic E-state index is 12.5. The average molecular weight is 461 g/mol. The largest absolute Gasteiger partial charge is 0.381 e. The lowest BCUT2D eigenvalue weighted by atomic mass is 10.1. The third-order valence-corrected chi connectivity index (χ3v) is 5.65. The van der Waals surface area contributed by atoms with Crippen molar-refractivity contribution in [3.8, 4) is 0 Å². The van der Waals surface area contributed by atoms with Gasteiger partial charge in [0.2, 0.25) is 5.91 Å². The molecule has 29 heavy (non-hydrogen) atoms. The summed E-state index contributed by atoms with van der Waals surface area (Å²) in [4.78, 5) is 38.4. The summed E-state index contributed by atoms with van der Waals surface area (Å²) in [6.45, 7) is 2.38. The lowest BCUT2D eigenvalue weighted by Crippen LogP contribution is -2.31. The molecule has 3 amide bonds. The molecule has 0 saturated carbocycles. The van der Waals surface area contributed by atoms with Gasteiger partial charge in [-0.25, -0.2) is 4.68 Å². The summed E-state index contributed by atoms with van der Waals surface area (Å²) in [5.74, 6) is 0.249. The normalized spacial score (nSPS) is 18.4. The molecule has 0 spiro atoms. The summed E-state index contributed by atoms with van der Waals surface area (Å²) in [7, 11) is 0. The Balaban J connectivity index is 1.28. The Bertz CT molecular complexity index is 952. The number of carbonyl (C=O) groups excluding carboxylic acids is 3. The molecule has 2 aromatic rings. The molecule has 2 aliphatic heterocycles. The second-order valence-electron chi connectivity index (χ2n) is 7.23. The van der Waals surface area contributed by atoms with Gasteiger partial charge in [0.05, 0.1) is 23.9 Å². The van der Waals surface area contributed by atoms with Gasteiger partial charge in [-0.15, -0.1) is 0 Å². The zero-order valence-corrected chi connectivity index (χ0v) is 17.4. The molecule has 1 aromatic heterocycles. The minimum Gasteiger partial charge on any atom is -0.381 e. The van der Waals surface area contributed by atoms with E-state index in [-0.39, 0.29) is 30.7 Å². The van der Waals surface area contributed by atoms with Crippen molar-refractivity contribution < 1.29 is 19.1 Å². The Morgan fingerprint density at radius 1 is 1.24 bits per heavy atom. The number of hydrogen-bond donors (Lipinski definition) is 1.